The van der Waals surface area contributed by atoms with E-state index in [1.807, 2.05) is 36.6 Å². The number of benzene rings is 1. The first-order valence-corrected chi connectivity index (χ1v) is 8.13. The van der Waals surface area contributed by atoms with Crippen LogP contribution in [0.3, 0.4) is 0 Å². The molecule has 0 saturated heterocycles. The van der Waals surface area contributed by atoms with Gasteiger partial charge in [-0.2, -0.15) is 0 Å². The van der Waals surface area contributed by atoms with Gasteiger partial charge < -0.3 is 9.15 Å². The lowest BCUT2D eigenvalue weighted by Gasteiger charge is -2.03. The second-order valence-electron chi connectivity index (χ2n) is 4.24. The van der Waals surface area contributed by atoms with Crippen LogP contribution in [0.1, 0.15) is 10.7 Å². The molecule has 21 heavy (non-hydrogen) atoms. The maximum absolute atomic E-state index is 5.68. The summed E-state index contributed by atoms with van der Waals surface area (Å²) in [5.74, 6) is 1.91. The SMILES string of the molecule is COc1ccccc1-c1nnc(SCc2nc(C)cs2)o1. The maximum atomic E-state index is 5.68. The second kappa shape index (κ2) is 6.28. The molecular weight excluding hydrogens is 306 g/mol. The van der Waals surface area contributed by atoms with E-state index in [4.69, 9.17) is 9.15 Å². The topological polar surface area (TPSA) is 61.0 Å². The minimum Gasteiger partial charge on any atom is -0.496 e. The molecule has 5 nitrogen and oxygen atoms in total. The number of methoxy groups -OCH3 is 1. The summed E-state index contributed by atoms with van der Waals surface area (Å²) < 4.78 is 11.0. The van der Waals surface area contributed by atoms with Crippen molar-refractivity contribution in [1.29, 1.82) is 0 Å². The summed E-state index contributed by atoms with van der Waals surface area (Å²) in [5, 5.41) is 11.7. The van der Waals surface area contributed by atoms with Crippen LogP contribution in [-0.4, -0.2) is 22.3 Å². The molecule has 0 spiro atoms. The van der Waals surface area contributed by atoms with E-state index in [1.54, 1.807) is 18.4 Å². The molecule has 0 radical (unpaired) electrons. The van der Waals surface area contributed by atoms with Crippen molar-refractivity contribution < 1.29 is 9.15 Å². The lowest BCUT2D eigenvalue weighted by molar-refractivity contribution is 0.411. The molecule has 0 bridgehead atoms. The third-order valence-electron chi connectivity index (χ3n) is 2.73. The van der Waals surface area contributed by atoms with Crippen LogP contribution < -0.4 is 4.74 Å². The number of ether oxygens (including phenoxy) is 1. The number of thiazole rings is 1. The number of aryl methyl sites for hydroxylation is 1. The van der Waals surface area contributed by atoms with Crippen molar-refractivity contribution in [3.05, 3.63) is 40.3 Å². The van der Waals surface area contributed by atoms with E-state index in [9.17, 15) is 0 Å². The van der Waals surface area contributed by atoms with Crippen LogP contribution in [0.2, 0.25) is 0 Å². The first-order chi connectivity index (χ1) is 10.3. The van der Waals surface area contributed by atoms with Gasteiger partial charge in [0.2, 0.25) is 0 Å². The standard InChI is InChI=1S/C14H13N3O2S2/c1-9-7-20-12(15-9)8-21-14-17-16-13(19-14)10-5-3-4-6-11(10)18-2/h3-7H,8H2,1-2H3. The Bertz CT molecular complexity index is 739. The molecule has 0 aliphatic rings. The first-order valence-electron chi connectivity index (χ1n) is 6.27. The van der Waals surface area contributed by atoms with Gasteiger partial charge in [0.1, 0.15) is 10.8 Å². The van der Waals surface area contributed by atoms with Crippen molar-refractivity contribution in [2.45, 2.75) is 17.9 Å². The Hall–Kier alpha value is -1.86. The molecule has 0 unspecified atom stereocenters. The van der Waals surface area contributed by atoms with Gasteiger partial charge >= 0.3 is 0 Å². The summed E-state index contributed by atoms with van der Waals surface area (Å²) in [7, 11) is 1.62. The Balaban J connectivity index is 1.74. The molecular formula is C14H13N3O2S2. The molecule has 108 valence electrons. The van der Waals surface area contributed by atoms with Crippen molar-refractivity contribution in [1.82, 2.24) is 15.2 Å². The number of hydrogen-bond donors (Lipinski definition) is 0. The Labute approximate surface area is 130 Å². The number of nitrogens with zero attached hydrogens (tertiary/aromatic N) is 3. The Morgan fingerprint density at radius 3 is 2.90 bits per heavy atom. The molecule has 0 aliphatic heterocycles. The Morgan fingerprint density at radius 1 is 1.29 bits per heavy atom. The van der Waals surface area contributed by atoms with Gasteiger partial charge in [-0.25, -0.2) is 4.98 Å². The average Bonchev–Trinajstić information content (AvgIpc) is 3.14. The highest BCUT2D eigenvalue weighted by Crippen LogP contribution is 2.31. The minimum atomic E-state index is 0.463. The average molecular weight is 319 g/mol. The van der Waals surface area contributed by atoms with Crippen molar-refractivity contribution in [3.8, 4) is 17.2 Å². The quantitative estimate of drug-likeness (QED) is 0.667. The normalized spacial score (nSPS) is 10.8. The zero-order valence-electron chi connectivity index (χ0n) is 11.6. The fourth-order valence-electron chi connectivity index (χ4n) is 1.79. The minimum absolute atomic E-state index is 0.463. The van der Waals surface area contributed by atoms with E-state index in [1.165, 1.54) is 11.8 Å². The van der Waals surface area contributed by atoms with Crippen molar-refractivity contribution in [3.63, 3.8) is 0 Å². The number of rotatable bonds is 5. The van der Waals surface area contributed by atoms with E-state index in [0.29, 0.717) is 16.9 Å². The molecule has 2 heterocycles. The Kier molecular flexibility index (Phi) is 4.21. The van der Waals surface area contributed by atoms with Crippen LogP contribution in [0.5, 0.6) is 5.75 Å². The maximum Gasteiger partial charge on any atom is 0.277 e. The van der Waals surface area contributed by atoms with Crippen molar-refractivity contribution in [2.75, 3.05) is 7.11 Å². The molecule has 3 aromatic rings. The molecule has 0 fully saturated rings. The summed E-state index contributed by atoms with van der Waals surface area (Å²) >= 11 is 3.12. The first kappa shape index (κ1) is 14.1. The molecule has 1 aromatic carbocycles. The summed E-state index contributed by atoms with van der Waals surface area (Å²) in [6.45, 7) is 1.98. The van der Waals surface area contributed by atoms with Gasteiger partial charge in [-0.3, -0.25) is 0 Å². The van der Waals surface area contributed by atoms with Crippen molar-refractivity contribution in [2.24, 2.45) is 0 Å². The third-order valence-corrected chi connectivity index (χ3v) is 4.71. The van der Waals surface area contributed by atoms with E-state index in [0.717, 1.165) is 22.0 Å². The highest BCUT2D eigenvalue weighted by Gasteiger charge is 2.13. The van der Waals surface area contributed by atoms with Gasteiger partial charge in [0, 0.05) is 11.1 Å². The predicted molar refractivity (Wildman–Crippen MR) is 82.7 cm³/mol. The predicted octanol–water partition coefficient (Wildman–Crippen LogP) is 3.80. The van der Waals surface area contributed by atoms with Gasteiger partial charge in [-0.15, -0.1) is 21.5 Å². The molecule has 3 rings (SSSR count). The molecule has 0 atom stereocenters. The smallest absolute Gasteiger partial charge is 0.277 e. The number of aromatic nitrogens is 3. The van der Waals surface area contributed by atoms with Crippen LogP contribution >= 0.6 is 23.1 Å². The lowest BCUT2D eigenvalue weighted by atomic mass is 10.2. The molecule has 2 aromatic heterocycles. The molecule has 0 aliphatic carbocycles. The van der Waals surface area contributed by atoms with E-state index < -0.39 is 0 Å². The van der Waals surface area contributed by atoms with Crippen LogP contribution in [0, 0.1) is 6.92 Å². The molecule has 7 heteroatoms. The van der Waals surface area contributed by atoms with Crippen molar-refractivity contribution >= 4 is 23.1 Å². The lowest BCUT2D eigenvalue weighted by Crippen LogP contribution is -1.87. The molecule has 0 saturated carbocycles. The molecule has 0 amide bonds. The fraction of sp³-hybridized carbons (Fsp3) is 0.214. The highest BCUT2D eigenvalue weighted by molar-refractivity contribution is 7.98. The Morgan fingerprint density at radius 2 is 2.14 bits per heavy atom. The summed E-state index contributed by atoms with van der Waals surface area (Å²) in [6, 6.07) is 7.57. The monoisotopic (exact) mass is 319 g/mol. The largest absolute Gasteiger partial charge is 0.496 e. The van der Waals surface area contributed by atoms with Crippen LogP contribution in [-0.2, 0) is 5.75 Å². The molecule has 0 N–H and O–H groups in total. The number of thioether (sulfide) groups is 1. The number of para-hydroxylation sites is 1. The zero-order valence-corrected chi connectivity index (χ0v) is 13.2. The van der Waals surface area contributed by atoms with Crippen LogP contribution in [0.25, 0.3) is 11.5 Å². The van der Waals surface area contributed by atoms with Gasteiger partial charge in [-0.05, 0) is 19.1 Å². The van der Waals surface area contributed by atoms with Gasteiger partial charge in [0.05, 0.1) is 18.4 Å². The van der Waals surface area contributed by atoms with Gasteiger partial charge in [-0.1, -0.05) is 23.9 Å². The van der Waals surface area contributed by atoms with E-state index in [2.05, 4.69) is 15.2 Å². The highest BCUT2D eigenvalue weighted by atomic mass is 32.2. The third kappa shape index (κ3) is 3.25. The second-order valence-corrected chi connectivity index (χ2v) is 6.11. The van der Waals surface area contributed by atoms with Gasteiger partial charge in [0.25, 0.3) is 11.1 Å². The number of hydrogen-bond acceptors (Lipinski definition) is 7. The summed E-state index contributed by atoms with van der Waals surface area (Å²) in [5.41, 5.74) is 1.83. The van der Waals surface area contributed by atoms with Crippen LogP contribution in [0.4, 0.5) is 0 Å². The van der Waals surface area contributed by atoms with E-state index >= 15 is 0 Å². The fourth-order valence-corrected chi connectivity index (χ4v) is 3.34. The summed E-state index contributed by atoms with van der Waals surface area (Å²) in [4.78, 5) is 4.41. The summed E-state index contributed by atoms with van der Waals surface area (Å²) in [6.07, 6.45) is 0. The van der Waals surface area contributed by atoms with Crippen LogP contribution in [0.15, 0.2) is 39.3 Å². The van der Waals surface area contributed by atoms with E-state index in [-0.39, 0.29) is 0 Å². The zero-order chi connectivity index (χ0) is 14.7. The van der Waals surface area contributed by atoms with Gasteiger partial charge in [0.15, 0.2) is 0 Å².